The molecule has 4 rings (SSSR count). The monoisotopic (exact) mass is 464 g/mol. The van der Waals surface area contributed by atoms with Crippen LogP contribution in [-0.2, 0) is 17.7 Å². The molecule has 33 heavy (non-hydrogen) atoms. The third-order valence-corrected chi connectivity index (χ3v) is 6.60. The lowest BCUT2D eigenvalue weighted by Crippen LogP contribution is -2.33. The summed E-state index contributed by atoms with van der Waals surface area (Å²) >= 11 is 6.20. The Labute approximate surface area is 202 Å². The van der Waals surface area contributed by atoms with E-state index in [4.69, 9.17) is 21.1 Å². The number of methoxy groups -OCH3 is 1. The highest BCUT2D eigenvalue weighted by Crippen LogP contribution is 2.29. The Kier molecular flexibility index (Phi) is 8.65. The van der Waals surface area contributed by atoms with Gasteiger partial charge >= 0.3 is 0 Å². The van der Waals surface area contributed by atoms with E-state index in [9.17, 15) is 0 Å². The van der Waals surface area contributed by atoms with Gasteiger partial charge in [-0.15, -0.1) is 0 Å². The Hall–Kier alpha value is -2.53. The predicted octanol–water partition coefficient (Wildman–Crippen LogP) is 5.45. The number of nitrogens with one attached hydrogen (secondary N) is 1. The first-order valence-electron chi connectivity index (χ1n) is 11.7. The lowest BCUT2D eigenvalue weighted by Gasteiger charge is -2.31. The molecule has 2 atom stereocenters. The van der Waals surface area contributed by atoms with E-state index in [-0.39, 0.29) is 0 Å². The van der Waals surface area contributed by atoms with Crippen LogP contribution in [-0.4, -0.2) is 40.0 Å². The summed E-state index contributed by atoms with van der Waals surface area (Å²) in [5, 5.41) is 4.39. The van der Waals surface area contributed by atoms with E-state index in [0.29, 0.717) is 25.0 Å². The lowest BCUT2D eigenvalue weighted by atomic mass is 9.89. The molecule has 4 nitrogen and oxygen atoms in total. The Morgan fingerprint density at radius 2 is 1.61 bits per heavy atom. The van der Waals surface area contributed by atoms with Gasteiger partial charge in [-0.2, -0.15) is 0 Å². The van der Waals surface area contributed by atoms with E-state index in [2.05, 4.69) is 64.8 Å². The molecule has 1 saturated heterocycles. The minimum Gasteiger partial charge on any atom is -0.491 e. The van der Waals surface area contributed by atoms with E-state index in [1.165, 1.54) is 16.8 Å². The van der Waals surface area contributed by atoms with Gasteiger partial charge in [-0.05, 0) is 67.2 Å². The summed E-state index contributed by atoms with van der Waals surface area (Å²) in [5.41, 5.74) is 3.76. The van der Waals surface area contributed by atoms with Crippen LogP contribution in [0.4, 0.5) is 5.69 Å². The van der Waals surface area contributed by atoms with Gasteiger partial charge in [-0.3, -0.25) is 0 Å². The van der Waals surface area contributed by atoms with Crippen LogP contribution in [0.25, 0.3) is 0 Å². The number of nitrogens with zero attached hydrogens (tertiary/aromatic N) is 1. The second-order valence-electron chi connectivity index (χ2n) is 8.67. The quantitative estimate of drug-likeness (QED) is 0.382. The maximum atomic E-state index is 6.20. The summed E-state index contributed by atoms with van der Waals surface area (Å²) in [4.78, 5) is 2.46. The van der Waals surface area contributed by atoms with E-state index in [1.54, 1.807) is 7.11 Å². The highest BCUT2D eigenvalue weighted by molar-refractivity contribution is 6.30. The van der Waals surface area contributed by atoms with Gasteiger partial charge in [0.2, 0.25) is 0 Å². The first-order valence-corrected chi connectivity index (χ1v) is 12.1. The van der Waals surface area contributed by atoms with Gasteiger partial charge in [0.05, 0.1) is 6.61 Å². The number of ether oxygens (including phenoxy) is 2. The van der Waals surface area contributed by atoms with Gasteiger partial charge in [0, 0.05) is 36.5 Å². The maximum Gasteiger partial charge on any atom is 0.124 e. The second-order valence-corrected chi connectivity index (χ2v) is 9.11. The van der Waals surface area contributed by atoms with Crippen molar-refractivity contribution in [2.45, 2.75) is 13.0 Å². The van der Waals surface area contributed by atoms with Gasteiger partial charge in [-0.25, -0.2) is 0 Å². The van der Waals surface area contributed by atoms with Crippen molar-refractivity contribution >= 4 is 17.3 Å². The number of halogens is 1. The summed E-state index contributed by atoms with van der Waals surface area (Å²) in [7, 11) is 1.69. The van der Waals surface area contributed by atoms with E-state index >= 15 is 0 Å². The number of benzene rings is 3. The van der Waals surface area contributed by atoms with Crippen LogP contribution in [0.3, 0.4) is 0 Å². The Bertz CT molecular complexity index is 981. The van der Waals surface area contributed by atoms with Crippen LogP contribution in [0, 0.1) is 11.8 Å². The predicted molar refractivity (Wildman–Crippen MR) is 136 cm³/mol. The van der Waals surface area contributed by atoms with Crippen molar-refractivity contribution in [3.05, 3.63) is 95.0 Å². The molecule has 0 aromatic heterocycles. The van der Waals surface area contributed by atoms with Gasteiger partial charge in [0.1, 0.15) is 12.4 Å². The van der Waals surface area contributed by atoms with Crippen molar-refractivity contribution in [3.63, 3.8) is 0 Å². The summed E-state index contributed by atoms with van der Waals surface area (Å²) in [6.07, 6.45) is 1.10. The molecule has 0 radical (unpaired) electrons. The summed E-state index contributed by atoms with van der Waals surface area (Å²) in [5.74, 6) is 2.08. The van der Waals surface area contributed by atoms with Gasteiger partial charge < -0.3 is 19.7 Å². The van der Waals surface area contributed by atoms with Crippen molar-refractivity contribution in [1.29, 1.82) is 0 Å². The molecule has 0 aliphatic carbocycles. The molecule has 5 heteroatoms. The fraction of sp³-hybridized carbons (Fsp3) is 0.357. The smallest absolute Gasteiger partial charge is 0.124 e. The molecule has 0 spiro atoms. The molecule has 174 valence electrons. The fourth-order valence-corrected chi connectivity index (χ4v) is 4.69. The highest BCUT2D eigenvalue weighted by atomic mass is 35.5. The van der Waals surface area contributed by atoms with E-state index < -0.39 is 0 Å². The maximum absolute atomic E-state index is 6.20. The molecule has 1 N–H and O–H groups in total. The summed E-state index contributed by atoms with van der Waals surface area (Å²) in [6, 6.07) is 27.3. The van der Waals surface area contributed by atoms with Gasteiger partial charge in [-0.1, -0.05) is 60.1 Å². The zero-order valence-corrected chi connectivity index (χ0v) is 20.0. The molecule has 3 aromatic rings. The Morgan fingerprint density at radius 3 is 2.39 bits per heavy atom. The van der Waals surface area contributed by atoms with Crippen LogP contribution < -0.4 is 15.0 Å². The number of rotatable bonds is 11. The summed E-state index contributed by atoms with van der Waals surface area (Å²) < 4.78 is 11.2. The van der Waals surface area contributed by atoms with E-state index in [0.717, 1.165) is 43.4 Å². The first kappa shape index (κ1) is 23.6. The average Bonchev–Trinajstić information content (AvgIpc) is 3.27. The molecular formula is C28H33ClN2O2. The van der Waals surface area contributed by atoms with Gasteiger partial charge in [0.15, 0.2) is 0 Å². The Morgan fingerprint density at radius 1 is 0.879 bits per heavy atom. The molecule has 0 saturated carbocycles. The third kappa shape index (κ3) is 6.73. The zero-order valence-electron chi connectivity index (χ0n) is 19.3. The summed E-state index contributed by atoms with van der Waals surface area (Å²) in [6.45, 7) is 4.96. The fourth-order valence-electron chi connectivity index (χ4n) is 4.57. The standard InChI is InChI=1S/C28H33ClN2O2/c1-32-15-16-33-28-10-6-5-9-23(28)20-31(27-13-11-26(29)12-14-27)21-25-19-30-18-24(25)17-22-7-3-2-4-8-22/h2-14,24-25,30H,15-21H2,1H3/t24-,25+/m0/s1. The van der Waals surface area contributed by atoms with Crippen LogP contribution in [0.2, 0.25) is 5.02 Å². The third-order valence-electron chi connectivity index (χ3n) is 6.35. The van der Waals surface area contributed by atoms with Crippen LogP contribution >= 0.6 is 11.6 Å². The molecule has 3 aromatic carbocycles. The number of para-hydroxylation sites is 1. The molecule has 0 bridgehead atoms. The molecule has 1 fully saturated rings. The zero-order chi connectivity index (χ0) is 22.9. The minimum atomic E-state index is 0.542. The number of anilines is 1. The molecule has 1 aliphatic rings. The van der Waals surface area contributed by atoms with Crippen molar-refractivity contribution in [2.75, 3.05) is 44.9 Å². The van der Waals surface area contributed by atoms with Crippen LogP contribution in [0.15, 0.2) is 78.9 Å². The highest BCUT2D eigenvalue weighted by Gasteiger charge is 2.29. The SMILES string of the molecule is COCCOc1ccccc1CN(C[C@H]1CNC[C@@H]1Cc1ccccc1)c1ccc(Cl)cc1. The van der Waals surface area contributed by atoms with Gasteiger partial charge in [0.25, 0.3) is 0 Å². The normalized spacial score (nSPS) is 17.8. The lowest BCUT2D eigenvalue weighted by molar-refractivity contribution is 0.145. The molecular weight excluding hydrogens is 432 g/mol. The van der Waals surface area contributed by atoms with Crippen molar-refractivity contribution in [1.82, 2.24) is 5.32 Å². The van der Waals surface area contributed by atoms with Crippen LogP contribution in [0.1, 0.15) is 11.1 Å². The molecule has 0 amide bonds. The molecule has 1 heterocycles. The largest absolute Gasteiger partial charge is 0.491 e. The topological polar surface area (TPSA) is 33.7 Å². The average molecular weight is 465 g/mol. The van der Waals surface area contributed by atoms with Crippen molar-refractivity contribution in [2.24, 2.45) is 11.8 Å². The van der Waals surface area contributed by atoms with Crippen molar-refractivity contribution in [3.8, 4) is 5.75 Å². The molecule has 0 unspecified atom stereocenters. The molecule has 1 aliphatic heterocycles. The van der Waals surface area contributed by atoms with Crippen LogP contribution in [0.5, 0.6) is 5.75 Å². The number of hydrogen-bond donors (Lipinski definition) is 1. The number of hydrogen-bond acceptors (Lipinski definition) is 4. The van der Waals surface area contributed by atoms with Crippen molar-refractivity contribution < 1.29 is 9.47 Å². The minimum absolute atomic E-state index is 0.542. The second kappa shape index (κ2) is 12.1. The first-order chi connectivity index (χ1) is 16.2. The Balaban J connectivity index is 1.53. The van der Waals surface area contributed by atoms with E-state index in [1.807, 2.05) is 24.3 Å².